The van der Waals surface area contributed by atoms with Crippen molar-refractivity contribution in [1.82, 2.24) is 29.6 Å². The van der Waals surface area contributed by atoms with Gasteiger partial charge in [-0.2, -0.15) is 5.10 Å². The molecule has 4 rings (SSSR count). The lowest BCUT2D eigenvalue weighted by Crippen LogP contribution is -2.34. The summed E-state index contributed by atoms with van der Waals surface area (Å²) in [5, 5.41) is 3.96. The van der Waals surface area contributed by atoms with Gasteiger partial charge >= 0.3 is 0 Å². The Balaban J connectivity index is 1.59. The number of carbonyl (C=O) groups is 1. The number of likely N-dealkylation sites (tertiary alicyclic amines) is 1. The maximum absolute atomic E-state index is 13.3. The first-order valence-electron chi connectivity index (χ1n) is 7.48. The molecule has 1 amide bonds. The summed E-state index contributed by atoms with van der Waals surface area (Å²) < 4.78 is 14.8. The van der Waals surface area contributed by atoms with Gasteiger partial charge in [-0.15, -0.1) is 0 Å². The van der Waals surface area contributed by atoms with E-state index in [4.69, 9.17) is 0 Å². The van der Waals surface area contributed by atoms with Crippen LogP contribution in [0.25, 0.3) is 11.0 Å². The monoisotopic (exact) mass is 314 g/mol. The third kappa shape index (κ3) is 2.56. The van der Waals surface area contributed by atoms with Gasteiger partial charge in [-0.3, -0.25) is 4.79 Å². The fraction of sp³-hybridized carbons (Fsp3) is 0.333. The lowest BCUT2D eigenvalue weighted by Gasteiger charge is -2.23. The molecule has 0 radical (unpaired) electrons. The normalized spacial score (nSPS) is 18.0. The Kier molecular flexibility index (Phi) is 3.29. The molecular weight excluding hydrogens is 299 g/mol. The van der Waals surface area contributed by atoms with Crippen LogP contribution in [0.3, 0.4) is 0 Å². The number of rotatable bonds is 3. The SMILES string of the molecule is O=C(Cn1cncn1)N1CCCC1c1nc2ccc(F)cc2[nH]1. The molecular formula is C15H15FN6O. The molecule has 118 valence electrons. The molecule has 1 aromatic carbocycles. The number of H-pyrrole nitrogens is 1. The van der Waals surface area contributed by atoms with Gasteiger partial charge in [0.15, 0.2) is 0 Å². The number of carbonyl (C=O) groups excluding carboxylic acids is 1. The highest BCUT2D eigenvalue weighted by atomic mass is 19.1. The molecule has 1 aliphatic rings. The van der Waals surface area contributed by atoms with Crippen molar-refractivity contribution in [3.05, 3.63) is 42.5 Å². The molecule has 1 fully saturated rings. The van der Waals surface area contributed by atoms with E-state index in [1.165, 1.54) is 29.5 Å². The second-order valence-corrected chi connectivity index (χ2v) is 5.62. The van der Waals surface area contributed by atoms with Gasteiger partial charge < -0.3 is 9.88 Å². The Labute approximate surface area is 131 Å². The van der Waals surface area contributed by atoms with Gasteiger partial charge in [0.2, 0.25) is 5.91 Å². The van der Waals surface area contributed by atoms with Gasteiger partial charge in [-0.25, -0.2) is 19.0 Å². The highest BCUT2D eigenvalue weighted by Crippen LogP contribution is 2.31. The predicted molar refractivity (Wildman–Crippen MR) is 79.8 cm³/mol. The van der Waals surface area contributed by atoms with E-state index < -0.39 is 0 Å². The number of benzene rings is 1. The first kappa shape index (κ1) is 13.9. The molecule has 1 unspecified atom stereocenters. The summed E-state index contributed by atoms with van der Waals surface area (Å²) in [5.74, 6) is 0.373. The summed E-state index contributed by atoms with van der Waals surface area (Å²) in [6, 6.07) is 4.33. The fourth-order valence-electron chi connectivity index (χ4n) is 3.05. The molecule has 1 saturated heterocycles. The van der Waals surface area contributed by atoms with E-state index in [2.05, 4.69) is 20.1 Å². The fourth-order valence-corrected chi connectivity index (χ4v) is 3.05. The third-order valence-corrected chi connectivity index (χ3v) is 4.11. The number of hydrogen-bond acceptors (Lipinski definition) is 4. The van der Waals surface area contributed by atoms with E-state index in [0.29, 0.717) is 23.4 Å². The lowest BCUT2D eigenvalue weighted by atomic mass is 10.2. The predicted octanol–water partition coefficient (Wildman–Crippen LogP) is 1.66. The van der Waals surface area contributed by atoms with Crippen molar-refractivity contribution in [1.29, 1.82) is 0 Å². The standard InChI is InChI=1S/C15H15FN6O/c16-10-3-4-11-12(6-10)20-15(19-11)13-2-1-5-22(13)14(23)7-21-9-17-8-18-21/h3-4,6,8-9,13H,1-2,5,7H2,(H,19,20). The van der Waals surface area contributed by atoms with Crippen molar-refractivity contribution in [3.63, 3.8) is 0 Å². The largest absolute Gasteiger partial charge is 0.340 e. The lowest BCUT2D eigenvalue weighted by molar-refractivity contribution is -0.133. The minimum atomic E-state index is -0.307. The number of imidazole rings is 1. The summed E-state index contributed by atoms with van der Waals surface area (Å²) in [4.78, 5) is 25.8. The van der Waals surface area contributed by atoms with E-state index in [1.54, 1.807) is 11.0 Å². The van der Waals surface area contributed by atoms with Crippen LogP contribution in [0.1, 0.15) is 24.7 Å². The van der Waals surface area contributed by atoms with Gasteiger partial charge in [-0.1, -0.05) is 0 Å². The number of fused-ring (bicyclic) bond motifs is 1. The van der Waals surface area contributed by atoms with Gasteiger partial charge in [0.25, 0.3) is 0 Å². The van der Waals surface area contributed by atoms with Crippen molar-refractivity contribution in [2.45, 2.75) is 25.4 Å². The van der Waals surface area contributed by atoms with Gasteiger partial charge in [0, 0.05) is 6.54 Å². The topological polar surface area (TPSA) is 79.7 Å². The third-order valence-electron chi connectivity index (χ3n) is 4.11. The summed E-state index contributed by atoms with van der Waals surface area (Å²) >= 11 is 0. The highest BCUT2D eigenvalue weighted by Gasteiger charge is 2.32. The molecule has 0 spiro atoms. The van der Waals surface area contributed by atoms with Crippen molar-refractivity contribution in [3.8, 4) is 0 Å². The molecule has 2 aromatic heterocycles. The first-order chi connectivity index (χ1) is 11.2. The average Bonchev–Trinajstić information content (AvgIpc) is 3.26. The van der Waals surface area contributed by atoms with Crippen LogP contribution in [0.15, 0.2) is 30.9 Å². The molecule has 8 heteroatoms. The Morgan fingerprint density at radius 1 is 1.43 bits per heavy atom. The number of nitrogens with zero attached hydrogens (tertiary/aromatic N) is 5. The van der Waals surface area contributed by atoms with Gasteiger partial charge in [0.1, 0.15) is 30.8 Å². The Hall–Kier alpha value is -2.77. The molecule has 0 saturated carbocycles. The van der Waals surface area contributed by atoms with E-state index >= 15 is 0 Å². The van der Waals surface area contributed by atoms with Crippen LogP contribution in [-0.4, -0.2) is 42.1 Å². The zero-order chi connectivity index (χ0) is 15.8. The van der Waals surface area contributed by atoms with Crippen LogP contribution in [-0.2, 0) is 11.3 Å². The molecule has 0 bridgehead atoms. The van der Waals surface area contributed by atoms with Crippen molar-refractivity contribution in [2.24, 2.45) is 0 Å². The number of hydrogen-bond donors (Lipinski definition) is 1. The zero-order valence-electron chi connectivity index (χ0n) is 12.3. The van der Waals surface area contributed by atoms with E-state index in [1.807, 2.05) is 0 Å². The molecule has 1 aliphatic heterocycles. The molecule has 1 N–H and O–H groups in total. The minimum Gasteiger partial charge on any atom is -0.340 e. The van der Waals surface area contributed by atoms with Crippen LogP contribution in [0.2, 0.25) is 0 Å². The second kappa shape index (κ2) is 5.45. The van der Waals surface area contributed by atoms with Gasteiger partial charge in [-0.05, 0) is 31.0 Å². The Bertz CT molecular complexity index is 843. The second-order valence-electron chi connectivity index (χ2n) is 5.62. The number of aromatic nitrogens is 5. The number of halogens is 1. The van der Waals surface area contributed by atoms with Crippen molar-refractivity contribution >= 4 is 16.9 Å². The first-order valence-corrected chi connectivity index (χ1v) is 7.48. The van der Waals surface area contributed by atoms with Gasteiger partial charge in [0.05, 0.1) is 17.1 Å². The maximum Gasteiger partial charge on any atom is 0.244 e. The van der Waals surface area contributed by atoms with Crippen LogP contribution in [0.4, 0.5) is 4.39 Å². The Morgan fingerprint density at radius 2 is 2.35 bits per heavy atom. The average molecular weight is 314 g/mol. The van der Waals surface area contributed by atoms with Crippen LogP contribution < -0.4 is 0 Å². The van der Waals surface area contributed by atoms with E-state index in [-0.39, 0.29) is 24.3 Å². The smallest absolute Gasteiger partial charge is 0.244 e. The van der Waals surface area contributed by atoms with Crippen LogP contribution >= 0.6 is 0 Å². The Morgan fingerprint density at radius 3 is 3.17 bits per heavy atom. The molecule has 7 nitrogen and oxygen atoms in total. The van der Waals surface area contributed by atoms with E-state index in [9.17, 15) is 9.18 Å². The quantitative estimate of drug-likeness (QED) is 0.797. The van der Waals surface area contributed by atoms with Crippen LogP contribution in [0, 0.1) is 5.82 Å². The summed E-state index contributed by atoms with van der Waals surface area (Å²) in [6.07, 6.45) is 4.68. The summed E-state index contributed by atoms with van der Waals surface area (Å²) in [7, 11) is 0. The molecule has 3 aromatic rings. The summed E-state index contributed by atoms with van der Waals surface area (Å²) in [6.45, 7) is 0.842. The minimum absolute atomic E-state index is 0.0235. The molecule has 23 heavy (non-hydrogen) atoms. The van der Waals surface area contributed by atoms with Crippen molar-refractivity contribution in [2.75, 3.05) is 6.54 Å². The maximum atomic E-state index is 13.3. The highest BCUT2D eigenvalue weighted by molar-refractivity contribution is 5.78. The number of nitrogens with one attached hydrogen (secondary N) is 1. The molecule has 0 aliphatic carbocycles. The summed E-state index contributed by atoms with van der Waals surface area (Å²) in [5.41, 5.74) is 1.35. The van der Waals surface area contributed by atoms with E-state index in [0.717, 1.165) is 12.8 Å². The number of amides is 1. The molecule has 3 heterocycles. The number of aromatic amines is 1. The molecule has 1 atom stereocenters. The zero-order valence-corrected chi connectivity index (χ0v) is 12.3. The van der Waals surface area contributed by atoms with Crippen LogP contribution in [0.5, 0.6) is 0 Å². The van der Waals surface area contributed by atoms with Crippen molar-refractivity contribution < 1.29 is 9.18 Å².